The Labute approximate surface area is 122 Å². The zero-order chi connectivity index (χ0) is 13.9. The van der Waals surface area contributed by atoms with Crippen LogP contribution in [-0.4, -0.2) is 37.7 Å². The van der Waals surface area contributed by atoms with Gasteiger partial charge in [0.1, 0.15) is 5.75 Å². The van der Waals surface area contributed by atoms with Gasteiger partial charge in [0, 0.05) is 38.6 Å². The van der Waals surface area contributed by atoms with Crippen molar-refractivity contribution in [1.82, 2.24) is 10.2 Å². The van der Waals surface area contributed by atoms with Crippen LogP contribution in [0.4, 0.5) is 0 Å². The molecule has 0 spiro atoms. The van der Waals surface area contributed by atoms with Gasteiger partial charge in [0.15, 0.2) is 0 Å². The largest absolute Gasteiger partial charge is 0.493 e. The summed E-state index contributed by atoms with van der Waals surface area (Å²) in [6, 6.07) is 7.40. The second-order valence-corrected chi connectivity index (χ2v) is 6.40. The molecule has 1 aromatic carbocycles. The quantitative estimate of drug-likeness (QED) is 0.913. The highest BCUT2D eigenvalue weighted by molar-refractivity contribution is 5.40. The minimum atomic E-state index is 0.558. The van der Waals surface area contributed by atoms with Gasteiger partial charge in [-0.25, -0.2) is 0 Å². The SMILES string of the molecule is CC(C)C[C@H](c1ccc2c(c1)CCO2)N1CCNCC1. The maximum absolute atomic E-state index is 5.64. The fourth-order valence-electron chi connectivity index (χ4n) is 3.35. The molecule has 3 heteroatoms. The van der Waals surface area contributed by atoms with Crippen molar-refractivity contribution in [3.8, 4) is 5.75 Å². The number of nitrogens with one attached hydrogen (secondary N) is 1. The molecule has 0 radical (unpaired) electrons. The van der Waals surface area contributed by atoms with Crippen LogP contribution in [0, 0.1) is 5.92 Å². The topological polar surface area (TPSA) is 24.5 Å². The highest BCUT2D eigenvalue weighted by Crippen LogP contribution is 2.33. The first-order valence-electron chi connectivity index (χ1n) is 7.94. The van der Waals surface area contributed by atoms with Crippen LogP contribution in [0.3, 0.4) is 0 Å². The number of benzene rings is 1. The fourth-order valence-corrected chi connectivity index (χ4v) is 3.35. The average Bonchev–Trinajstić information content (AvgIpc) is 2.93. The zero-order valence-electron chi connectivity index (χ0n) is 12.7. The molecule has 0 aromatic heterocycles. The minimum Gasteiger partial charge on any atom is -0.493 e. The van der Waals surface area contributed by atoms with E-state index >= 15 is 0 Å². The molecule has 20 heavy (non-hydrogen) atoms. The molecular formula is C17H26N2O. The Kier molecular flexibility index (Phi) is 4.27. The summed E-state index contributed by atoms with van der Waals surface area (Å²) in [6.45, 7) is 10.0. The molecule has 1 atom stereocenters. The van der Waals surface area contributed by atoms with Crippen LogP contribution < -0.4 is 10.1 Å². The lowest BCUT2D eigenvalue weighted by Crippen LogP contribution is -2.45. The van der Waals surface area contributed by atoms with Crippen LogP contribution in [0.15, 0.2) is 18.2 Å². The summed E-state index contributed by atoms with van der Waals surface area (Å²) in [5, 5.41) is 3.45. The first-order valence-corrected chi connectivity index (χ1v) is 7.94. The average molecular weight is 274 g/mol. The van der Waals surface area contributed by atoms with Gasteiger partial charge in [-0.2, -0.15) is 0 Å². The Balaban J connectivity index is 1.83. The van der Waals surface area contributed by atoms with Crippen molar-refractivity contribution < 1.29 is 4.74 Å². The van der Waals surface area contributed by atoms with E-state index in [2.05, 4.69) is 42.3 Å². The van der Waals surface area contributed by atoms with Crippen LogP contribution >= 0.6 is 0 Å². The van der Waals surface area contributed by atoms with E-state index in [0.717, 1.165) is 50.9 Å². The number of piperazine rings is 1. The summed E-state index contributed by atoms with van der Waals surface area (Å²) in [6.07, 6.45) is 2.30. The molecule has 2 heterocycles. The van der Waals surface area contributed by atoms with E-state index in [1.807, 2.05) is 0 Å². The molecular weight excluding hydrogens is 248 g/mol. The molecule has 0 amide bonds. The van der Waals surface area contributed by atoms with Gasteiger partial charge < -0.3 is 10.1 Å². The monoisotopic (exact) mass is 274 g/mol. The van der Waals surface area contributed by atoms with Gasteiger partial charge >= 0.3 is 0 Å². The molecule has 0 aliphatic carbocycles. The highest BCUT2D eigenvalue weighted by atomic mass is 16.5. The maximum Gasteiger partial charge on any atom is 0.122 e. The van der Waals surface area contributed by atoms with Crippen molar-refractivity contribution >= 4 is 0 Å². The van der Waals surface area contributed by atoms with E-state index in [1.54, 1.807) is 0 Å². The summed E-state index contributed by atoms with van der Waals surface area (Å²) in [4.78, 5) is 2.65. The molecule has 0 bridgehead atoms. The number of hydrogen-bond donors (Lipinski definition) is 1. The van der Waals surface area contributed by atoms with E-state index in [9.17, 15) is 0 Å². The number of rotatable bonds is 4. The number of fused-ring (bicyclic) bond motifs is 1. The van der Waals surface area contributed by atoms with Crippen molar-refractivity contribution in [1.29, 1.82) is 0 Å². The smallest absolute Gasteiger partial charge is 0.122 e. The Bertz CT molecular complexity index is 452. The Morgan fingerprint density at radius 3 is 2.80 bits per heavy atom. The standard InChI is InChI=1S/C17H26N2O/c1-13(2)11-16(19-8-6-18-7-9-19)14-3-4-17-15(12-14)5-10-20-17/h3-4,12-13,16,18H,5-11H2,1-2H3/t16-/m1/s1. The number of nitrogens with zero attached hydrogens (tertiary/aromatic N) is 1. The number of hydrogen-bond acceptors (Lipinski definition) is 3. The van der Waals surface area contributed by atoms with E-state index in [4.69, 9.17) is 4.74 Å². The van der Waals surface area contributed by atoms with E-state index in [0.29, 0.717) is 6.04 Å². The van der Waals surface area contributed by atoms with Gasteiger partial charge in [0.2, 0.25) is 0 Å². The summed E-state index contributed by atoms with van der Waals surface area (Å²) in [5.74, 6) is 1.82. The molecule has 3 nitrogen and oxygen atoms in total. The summed E-state index contributed by atoms with van der Waals surface area (Å²) >= 11 is 0. The third kappa shape index (κ3) is 2.99. The first kappa shape index (κ1) is 13.9. The lowest BCUT2D eigenvalue weighted by molar-refractivity contribution is 0.154. The molecule has 1 saturated heterocycles. The Morgan fingerprint density at radius 1 is 1.25 bits per heavy atom. The van der Waals surface area contributed by atoms with Crippen molar-refractivity contribution in [2.24, 2.45) is 5.92 Å². The molecule has 2 aliphatic rings. The third-order valence-electron chi connectivity index (χ3n) is 4.39. The molecule has 0 saturated carbocycles. The molecule has 110 valence electrons. The van der Waals surface area contributed by atoms with E-state index < -0.39 is 0 Å². The Morgan fingerprint density at radius 2 is 2.05 bits per heavy atom. The Hall–Kier alpha value is -1.06. The highest BCUT2D eigenvalue weighted by Gasteiger charge is 2.24. The van der Waals surface area contributed by atoms with Gasteiger partial charge in [-0.3, -0.25) is 4.90 Å². The second kappa shape index (κ2) is 6.15. The molecule has 0 unspecified atom stereocenters. The van der Waals surface area contributed by atoms with Crippen LogP contribution in [0.1, 0.15) is 37.4 Å². The second-order valence-electron chi connectivity index (χ2n) is 6.40. The van der Waals surface area contributed by atoms with Crippen molar-refractivity contribution in [2.75, 3.05) is 32.8 Å². The number of ether oxygens (including phenoxy) is 1. The maximum atomic E-state index is 5.64. The normalized spacial score (nSPS) is 20.8. The third-order valence-corrected chi connectivity index (χ3v) is 4.39. The molecule has 1 fully saturated rings. The molecule has 1 N–H and O–H groups in total. The van der Waals surface area contributed by atoms with Crippen molar-refractivity contribution in [2.45, 2.75) is 32.7 Å². The van der Waals surface area contributed by atoms with Crippen LogP contribution in [0.5, 0.6) is 5.75 Å². The summed E-state index contributed by atoms with van der Waals surface area (Å²) in [7, 11) is 0. The van der Waals surface area contributed by atoms with Gasteiger partial charge in [0.25, 0.3) is 0 Å². The summed E-state index contributed by atoms with van der Waals surface area (Å²) in [5.41, 5.74) is 2.87. The lowest BCUT2D eigenvalue weighted by atomic mass is 9.93. The molecule has 1 aromatic rings. The van der Waals surface area contributed by atoms with Crippen LogP contribution in [0.2, 0.25) is 0 Å². The van der Waals surface area contributed by atoms with Gasteiger partial charge in [-0.15, -0.1) is 0 Å². The summed E-state index contributed by atoms with van der Waals surface area (Å²) < 4.78 is 5.64. The molecule has 3 rings (SSSR count). The lowest BCUT2D eigenvalue weighted by Gasteiger charge is -2.36. The van der Waals surface area contributed by atoms with Gasteiger partial charge in [-0.1, -0.05) is 26.0 Å². The zero-order valence-corrected chi connectivity index (χ0v) is 12.7. The predicted molar refractivity (Wildman–Crippen MR) is 82.3 cm³/mol. The van der Waals surface area contributed by atoms with Gasteiger partial charge in [0.05, 0.1) is 6.61 Å². The van der Waals surface area contributed by atoms with Crippen molar-refractivity contribution in [3.05, 3.63) is 29.3 Å². The van der Waals surface area contributed by atoms with Crippen LogP contribution in [0.25, 0.3) is 0 Å². The van der Waals surface area contributed by atoms with E-state index in [-0.39, 0.29) is 0 Å². The fraction of sp³-hybridized carbons (Fsp3) is 0.647. The van der Waals surface area contributed by atoms with Gasteiger partial charge in [-0.05, 0) is 29.5 Å². The minimum absolute atomic E-state index is 0.558. The van der Waals surface area contributed by atoms with Crippen molar-refractivity contribution in [3.63, 3.8) is 0 Å². The van der Waals surface area contributed by atoms with E-state index in [1.165, 1.54) is 17.5 Å². The predicted octanol–water partition coefficient (Wildman–Crippen LogP) is 2.61. The van der Waals surface area contributed by atoms with Crippen LogP contribution in [-0.2, 0) is 6.42 Å². The molecule has 2 aliphatic heterocycles. The first-order chi connectivity index (χ1) is 9.74.